The lowest BCUT2D eigenvalue weighted by Gasteiger charge is -2.16. The number of aliphatic hydroxyl groups excluding tert-OH is 1. The summed E-state index contributed by atoms with van der Waals surface area (Å²) in [7, 11) is 0. The van der Waals surface area contributed by atoms with E-state index in [0.717, 1.165) is 0 Å². The minimum Gasteiger partial charge on any atom is -0.389 e. The molecule has 0 unspecified atom stereocenters. The topological polar surface area (TPSA) is 20.2 Å². The van der Waals surface area contributed by atoms with Crippen LogP contribution in [0.2, 0.25) is 0 Å². The summed E-state index contributed by atoms with van der Waals surface area (Å²) in [4.78, 5) is 1.27. The number of thioether (sulfide) groups is 1. The molecular weight excluding hydrogens is 216 g/mol. The normalized spacial score (nSPS) is 15.6. The van der Waals surface area contributed by atoms with Crippen molar-refractivity contribution in [3.05, 3.63) is 42.5 Å². The van der Waals surface area contributed by atoms with E-state index in [9.17, 15) is 5.11 Å². The molecule has 1 aromatic rings. The molecule has 2 atom stereocenters. The average Bonchev–Trinajstić information content (AvgIpc) is 2.25. The van der Waals surface area contributed by atoms with Gasteiger partial charge in [-0.1, -0.05) is 44.2 Å². The Hall–Kier alpha value is -0.730. The fraction of sp³-hybridized carbons (Fsp3) is 0.429. The Labute approximate surface area is 103 Å². The number of hydrogen-bond donors (Lipinski definition) is 1. The van der Waals surface area contributed by atoms with Gasteiger partial charge in [0.15, 0.2) is 0 Å². The maximum atomic E-state index is 9.25. The molecule has 1 rings (SSSR count). The lowest BCUT2D eigenvalue weighted by atomic mass is 10.1. The van der Waals surface area contributed by atoms with Gasteiger partial charge in [0.25, 0.3) is 0 Å². The molecule has 0 aliphatic carbocycles. The van der Waals surface area contributed by atoms with Gasteiger partial charge >= 0.3 is 0 Å². The van der Waals surface area contributed by atoms with Gasteiger partial charge in [0, 0.05) is 10.1 Å². The van der Waals surface area contributed by atoms with Gasteiger partial charge in [-0.15, -0.1) is 11.8 Å². The average molecular weight is 236 g/mol. The molecule has 1 aromatic carbocycles. The van der Waals surface area contributed by atoms with Gasteiger partial charge in [0.2, 0.25) is 0 Å². The van der Waals surface area contributed by atoms with Crippen LogP contribution < -0.4 is 0 Å². The monoisotopic (exact) mass is 236 g/mol. The summed E-state index contributed by atoms with van der Waals surface area (Å²) in [5, 5.41) is 9.67. The fourth-order valence-corrected chi connectivity index (χ4v) is 2.39. The quantitative estimate of drug-likeness (QED) is 0.621. The zero-order valence-corrected chi connectivity index (χ0v) is 10.9. The summed E-state index contributed by atoms with van der Waals surface area (Å²) >= 11 is 1.84. The molecule has 1 nitrogen and oxygen atoms in total. The van der Waals surface area contributed by atoms with E-state index in [1.54, 1.807) is 6.92 Å². The Kier molecular flexibility index (Phi) is 5.64. The first-order valence-corrected chi connectivity index (χ1v) is 6.55. The van der Waals surface area contributed by atoms with Gasteiger partial charge in [-0.3, -0.25) is 0 Å². The van der Waals surface area contributed by atoms with Crippen LogP contribution in [0.1, 0.15) is 20.8 Å². The van der Waals surface area contributed by atoms with Crippen molar-refractivity contribution in [1.29, 1.82) is 0 Å². The van der Waals surface area contributed by atoms with E-state index in [4.69, 9.17) is 0 Å². The highest BCUT2D eigenvalue weighted by atomic mass is 32.2. The van der Waals surface area contributed by atoms with Crippen molar-refractivity contribution >= 4 is 11.8 Å². The zero-order valence-electron chi connectivity index (χ0n) is 10.1. The van der Waals surface area contributed by atoms with Gasteiger partial charge in [-0.25, -0.2) is 0 Å². The smallest absolute Gasteiger partial charge is 0.0693 e. The maximum absolute atomic E-state index is 9.25. The first-order chi connectivity index (χ1) is 7.59. The van der Waals surface area contributed by atoms with Crippen LogP contribution in [0, 0.1) is 5.92 Å². The third-order valence-corrected chi connectivity index (χ3v) is 3.77. The van der Waals surface area contributed by atoms with Crippen LogP contribution in [0.3, 0.4) is 0 Å². The van der Waals surface area contributed by atoms with Gasteiger partial charge in [0.05, 0.1) is 6.10 Å². The lowest BCUT2D eigenvalue weighted by Crippen LogP contribution is -2.08. The molecule has 0 radical (unpaired) electrons. The standard InChI is InChI=1S/C14H20OS/c1-11(2)14(10-9-12(3)15)16-13-7-5-4-6-8-13/h4-12,14-15H,1-3H3/b10-9+/t12-,14+/m1/s1. The van der Waals surface area contributed by atoms with Crippen molar-refractivity contribution < 1.29 is 5.11 Å². The summed E-state index contributed by atoms with van der Waals surface area (Å²) < 4.78 is 0. The zero-order chi connectivity index (χ0) is 12.0. The van der Waals surface area contributed by atoms with E-state index in [1.807, 2.05) is 23.9 Å². The summed E-state index contributed by atoms with van der Waals surface area (Å²) in [5.74, 6) is 0.556. The molecule has 0 spiro atoms. The molecular formula is C14H20OS. The summed E-state index contributed by atoms with van der Waals surface area (Å²) in [5.41, 5.74) is 0. The Bertz CT molecular complexity index is 317. The van der Waals surface area contributed by atoms with Gasteiger partial charge in [0.1, 0.15) is 0 Å². The third kappa shape index (κ3) is 4.86. The van der Waals surface area contributed by atoms with E-state index in [2.05, 4.69) is 44.2 Å². The Morgan fingerprint density at radius 3 is 2.19 bits per heavy atom. The van der Waals surface area contributed by atoms with Crippen molar-refractivity contribution in [1.82, 2.24) is 0 Å². The van der Waals surface area contributed by atoms with E-state index < -0.39 is 0 Å². The van der Waals surface area contributed by atoms with Crippen molar-refractivity contribution in [3.63, 3.8) is 0 Å². The molecule has 0 saturated heterocycles. The Morgan fingerprint density at radius 2 is 1.69 bits per heavy atom. The molecule has 0 bridgehead atoms. The number of benzene rings is 1. The second-order valence-electron chi connectivity index (χ2n) is 4.27. The molecule has 88 valence electrons. The highest BCUT2D eigenvalue weighted by Crippen LogP contribution is 2.28. The molecule has 0 aromatic heterocycles. The van der Waals surface area contributed by atoms with E-state index in [1.165, 1.54) is 4.90 Å². The fourth-order valence-electron chi connectivity index (χ4n) is 1.32. The van der Waals surface area contributed by atoms with Crippen molar-refractivity contribution in [2.75, 3.05) is 0 Å². The van der Waals surface area contributed by atoms with Crippen molar-refractivity contribution in [2.24, 2.45) is 5.92 Å². The first-order valence-electron chi connectivity index (χ1n) is 5.67. The van der Waals surface area contributed by atoms with E-state index in [0.29, 0.717) is 11.2 Å². The molecule has 2 heteroatoms. The van der Waals surface area contributed by atoms with E-state index >= 15 is 0 Å². The third-order valence-electron chi connectivity index (χ3n) is 2.25. The van der Waals surface area contributed by atoms with Gasteiger partial charge in [-0.2, -0.15) is 0 Å². The largest absolute Gasteiger partial charge is 0.389 e. The van der Waals surface area contributed by atoms with E-state index in [-0.39, 0.29) is 6.10 Å². The minimum absolute atomic E-state index is 0.363. The minimum atomic E-state index is -0.363. The molecule has 0 fully saturated rings. The predicted molar refractivity (Wildman–Crippen MR) is 71.7 cm³/mol. The van der Waals surface area contributed by atoms with Crippen LogP contribution >= 0.6 is 11.8 Å². The van der Waals surface area contributed by atoms with Crippen LogP contribution in [-0.4, -0.2) is 16.5 Å². The Balaban J connectivity index is 2.65. The summed E-state index contributed by atoms with van der Waals surface area (Å²) in [6, 6.07) is 10.4. The molecule has 0 heterocycles. The van der Waals surface area contributed by atoms with Crippen LogP contribution in [0.15, 0.2) is 47.4 Å². The van der Waals surface area contributed by atoms with Crippen molar-refractivity contribution in [2.45, 2.75) is 37.0 Å². The molecule has 0 aliphatic rings. The molecule has 1 N–H and O–H groups in total. The predicted octanol–water partition coefficient (Wildman–Crippen LogP) is 3.74. The second kappa shape index (κ2) is 6.77. The number of hydrogen-bond acceptors (Lipinski definition) is 2. The van der Waals surface area contributed by atoms with Crippen LogP contribution in [0.4, 0.5) is 0 Å². The van der Waals surface area contributed by atoms with Crippen LogP contribution in [0.25, 0.3) is 0 Å². The SMILES string of the molecule is CC(C)[C@H](/C=C/[C@@H](C)O)Sc1ccccc1. The first kappa shape index (κ1) is 13.3. The van der Waals surface area contributed by atoms with Gasteiger partial charge in [-0.05, 0) is 25.0 Å². The van der Waals surface area contributed by atoms with Crippen molar-refractivity contribution in [3.8, 4) is 0 Å². The molecule has 0 aliphatic heterocycles. The number of rotatable bonds is 5. The highest BCUT2D eigenvalue weighted by Gasteiger charge is 2.11. The molecule has 0 saturated carbocycles. The molecule has 0 amide bonds. The summed E-state index contributed by atoms with van der Waals surface area (Å²) in [6.45, 7) is 6.18. The second-order valence-corrected chi connectivity index (χ2v) is 5.52. The Morgan fingerprint density at radius 1 is 1.06 bits per heavy atom. The van der Waals surface area contributed by atoms with Gasteiger partial charge < -0.3 is 5.11 Å². The van der Waals surface area contributed by atoms with Crippen LogP contribution in [-0.2, 0) is 0 Å². The number of aliphatic hydroxyl groups is 1. The summed E-state index contributed by atoms with van der Waals surface area (Å²) in [6.07, 6.45) is 3.60. The maximum Gasteiger partial charge on any atom is 0.0693 e. The van der Waals surface area contributed by atoms with Crippen LogP contribution in [0.5, 0.6) is 0 Å². The lowest BCUT2D eigenvalue weighted by molar-refractivity contribution is 0.243. The molecule has 16 heavy (non-hydrogen) atoms. The highest BCUT2D eigenvalue weighted by molar-refractivity contribution is 8.00.